The van der Waals surface area contributed by atoms with Crippen LogP contribution in [-0.2, 0) is 30.1 Å². The summed E-state index contributed by atoms with van der Waals surface area (Å²) < 4.78 is 33.7. The maximum atomic E-state index is 13.2. The topological polar surface area (TPSA) is 190 Å². The van der Waals surface area contributed by atoms with Gasteiger partial charge in [-0.2, -0.15) is 0 Å². The molecule has 0 spiro atoms. The van der Waals surface area contributed by atoms with Crippen molar-refractivity contribution in [2.24, 2.45) is 10.8 Å². The molecule has 4 N–H and O–H groups in total. The van der Waals surface area contributed by atoms with Crippen LogP contribution in [0.3, 0.4) is 0 Å². The Morgan fingerprint density at radius 2 is 1.95 bits per heavy atom. The highest BCUT2D eigenvalue weighted by atomic mass is 32.2. The first-order valence-corrected chi connectivity index (χ1v) is 14.7. The molecule has 2 aliphatic rings. The van der Waals surface area contributed by atoms with Crippen LogP contribution in [-0.4, -0.2) is 85.6 Å². The van der Waals surface area contributed by atoms with E-state index in [-0.39, 0.29) is 36.5 Å². The smallest absolute Gasteiger partial charge is 0.270 e. The number of hydrazone groups is 1. The van der Waals surface area contributed by atoms with Gasteiger partial charge in [0.2, 0.25) is 21.8 Å². The van der Waals surface area contributed by atoms with Gasteiger partial charge in [0.05, 0.1) is 11.8 Å². The number of carbonyl (C=O) groups is 2. The molecule has 2 heterocycles. The number of nitrogens with one attached hydrogen (secondary N) is 2. The second kappa shape index (κ2) is 14.2. The van der Waals surface area contributed by atoms with Crippen LogP contribution in [0.5, 0.6) is 0 Å². The van der Waals surface area contributed by atoms with E-state index in [9.17, 15) is 28.1 Å². The highest BCUT2D eigenvalue weighted by molar-refractivity contribution is 7.88. The molecule has 2 fully saturated rings. The van der Waals surface area contributed by atoms with Crippen LogP contribution >= 0.6 is 0 Å². The van der Waals surface area contributed by atoms with E-state index in [1.165, 1.54) is 9.80 Å². The third-order valence-corrected chi connectivity index (χ3v) is 8.00. The number of piperidine rings is 1. The Morgan fingerprint density at radius 1 is 1.21 bits per heavy atom. The van der Waals surface area contributed by atoms with Crippen LogP contribution in [0, 0.1) is 10.1 Å². The number of guanidine groups is 1. The van der Waals surface area contributed by atoms with E-state index in [2.05, 4.69) is 15.1 Å². The normalized spacial score (nSPS) is 22.8. The Labute approximate surface area is 228 Å². The molecule has 0 aromatic heterocycles. The predicted octanol–water partition coefficient (Wildman–Crippen LogP) is 0.327. The van der Waals surface area contributed by atoms with E-state index in [0.717, 1.165) is 0 Å². The van der Waals surface area contributed by atoms with Gasteiger partial charge in [-0.25, -0.2) is 23.3 Å². The van der Waals surface area contributed by atoms with Gasteiger partial charge in [0.1, 0.15) is 11.1 Å². The van der Waals surface area contributed by atoms with Crippen molar-refractivity contribution in [3.63, 3.8) is 0 Å². The first kappa shape index (κ1) is 30.2. The van der Waals surface area contributed by atoms with Gasteiger partial charge >= 0.3 is 0 Å². The van der Waals surface area contributed by atoms with Crippen LogP contribution in [0.4, 0.5) is 0 Å². The van der Waals surface area contributed by atoms with Crippen molar-refractivity contribution in [1.82, 2.24) is 19.8 Å². The molecule has 15 heteroatoms. The number of ether oxygens (including phenoxy) is 1. The molecular weight excluding hydrogens is 530 g/mol. The Balaban J connectivity index is 1.58. The molecule has 2 aliphatic heterocycles. The van der Waals surface area contributed by atoms with Crippen molar-refractivity contribution < 1.29 is 27.8 Å². The summed E-state index contributed by atoms with van der Waals surface area (Å²) in [4.78, 5) is 39.8. The number of nitrogens with two attached hydrogens (primary N) is 1. The fourth-order valence-corrected chi connectivity index (χ4v) is 6.25. The molecule has 0 radical (unpaired) electrons. The van der Waals surface area contributed by atoms with Gasteiger partial charge in [-0.05, 0) is 44.6 Å². The number of carbonyl (C=O) groups excluding carboxylic acids is 2. The zero-order valence-electron chi connectivity index (χ0n) is 22.0. The minimum absolute atomic E-state index is 0.00302. The lowest BCUT2D eigenvalue weighted by molar-refractivity contribution is -0.486. The Hall–Kier alpha value is -3.30. The number of amides is 2. The summed E-state index contributed by atoms with van der Waals surface area (Å²) in [5.41, 5.74) is 6.42. The van der Waals surface area contributed by atoms with Crippen molar-refractivity contribution in [2.75, 3.05) is 26.2 Å². The van der Waals surface area contributed by atoms with Crippen LogP contribution in [0.15, 0.2) is 35.4 Å². The van der Waals surface area contributed by atoms with Gasteiger partial charge < -0.3 is 25.6 Å². The monoisotopic (exact) mass is 567 g/mol. The fourth-order valence-electron chi connectivity index (χ4n) is 4.88. The third kappa shape index (κ3) is 9.14. The summed E-state index contributed by atoms with van der Waals surface area (Å²) in [5.74, 6) is -1.20. The highest BCUT2D eigenvalue weighted by Crippen LogP contribution is 2.20. The van der Waals surface area contributed by atoms with Gasteiger partial charge in [-0.15, -0.1) is 0 Å². The van der Waals surface area contributed by atoms with Crippen molar-refractivity contribution in [2.45, 2.75) is 69.5 Å². The second-order valence-corrected chi connectivity index (χ2v) is 11.3. The van der Waals surface area contributed by atoms with Gasteiger partial charge in [-0.3, -0.25) is 9.59 Å². The molecule has 2 amide bonds. The van der Waals surface area contributed by atoms with Crippen LogP contribution < -0.4 is 15.8 Å². The Bertz CT molecular complexity index is 1130. The number of likely N-dealkylation sites (tertiary alicyclic amines) is 2. The number of rotatable bonds is 11. The number of hydrogen-bond acceptors (Lipinski definition) is 7. The molecule has 0 saturated carbocycles. The number of nitro groups is 1. The fraction of sp³-hybridized carbons (Fsp3) is 0.625. The largest absolute Gasteiger partial charge is 0.364 e. The molecule has 1 unspecified atom stereocenters. The maximum absolute atomic E-state index is 13.2. The minimum atomic E-state index is -3.75. The van der Waals surface area contributed by atoms with Crippen molar-refractivity contribution in [3.8, 4) is 0 Å². The lowest BCUT2D eigenvalue weighted by Crippen LogP contribution is -2.60. The van der Waals surface area contributed by atoms with Crippen LogP contribution in [0.2, 0.25) is 0 Å². The summed E-state index contributed by atoms with van der Waals surface area (Å²) in [6, 6.07) is 7.37. The standard InChI is InChI=1S/C24H37N7O7S/c1-2-38-23-20(12-8-15-30(23)24(25)27-31(34)35)26-21(32)13-16-29-14-7-6-11-19(22(29)33)28-39(36,37)17-18-9-4-3-5-10-18/h3-5,9-10,19-20,23,28H,2,6-8,11-17H2,1H3,(H2,25,27)(H,26,32)/t19-,20-,23?/m0/s1. The van der Waals surface area contributed by atoms with E-state index in [0.29, 0.717) is 57.4 Å². The molecule has 3 atom stereocenters. The van der Waals surface area contributed by atoms with Gasteiger partial charge in [-0.1, -0.05) is 30.3 Å². The molecule has 1 aromatic carbocycles. The molecule has 216 valence electrons. The van der Waals surface area contributed by atoms with Gasteiger partial charge in [0.25, 0.3) is 5.96 Å². The van der Waals surface area contributed by atoms with Crippen LogP contribution in [0.25, 0.3) is 0 Å². The Kier molecular flexibility index (Phi) is 11.0. The third-order valence-electron chi connectivity index (χ3n) is 6.64. The summed E-state index contributed by atoms with van der Waals surface area (Å²) in [6.45, 7) is 3.01. The van der Waals surface area contributed by atoms with Crippen LogP contribution in [0.1, 0.15) is 51.0 Å². The summed E-state index contributed by atoms with van der Waals surface area (Å²) in [7, 11) is -3.75. The summed E-state index contributed by atoms with van der Waals surface area (Å²) in [5, 5.41) is 16.0. The Morgan fingerprint density at radius 3 is 2.64 bits per heavy atom. The predicted molar refractivity (Wildman–Crippen MR) is 143 cm³/mol. The average Bonchev–Trinajstić information content (AvgIpc) is 3.04. The average molecular weight is 568 g/mol. The maximum Gasteiger partial charge on any atom is 0.270 e. The molecule has 1 aromatic rings. The molecule has 0 bridgehead atoms. The summed E-state index contributed by atoms with van der Waals surface area (Å²) in [6.07, 6.45) is 2.22. The first-order chi connectivity index (χ1) is 18.6. The highest BCUT2D eigenvalue weighted by Gasteiger charge is 2.36. The zero-order chi connectivity index (χ0) is 28.4. The molecule has 0 aliphatic carbocycles. The van der Waals surface area contributed by atoms with E-state index >= 15 is 0 Å². The van der Waals surface area contributed by atoms with Gasteiger partial charge in [0, 0.05) is 32.7 Å². The van der Waals surface area contributed by atoms with E-state index in [1.54, 1.807) is 37.3 Å². The van der Waals surface area contributed by atoms with Crippen molar-refractivity contribution in [3.05, 3.63) is 46.0 Å². The zero-order valence-corrected chi connectivity index (χ0v) is 22.8. The lowest BCUT2D eigenvalue weighted by Gasteiger charge is -2.40. The van der Waals surface area contributed by atoms with E-state index < -0.39 is 33.4 Å². The lowest BCUT2D eigenvalue weighted by atomic mass is 10.0. The van der Waals surface area contributed by atoms with E-state index in [4.69, 9.17) is 10.5 Å². The second-order valence-electron chi connectivity index (χ2n) is 9.54. The first-order valence-electron chi connectivity index (χ1n) is 13.1. The number of nitrogens with zero attached hydrogens (tertiary/aromatic N) is 4. The quantitative estimate of drug-likeness (QED) is 0.146. The van der Waals surface area contributed by atoms with Crippen molar-refractivity contribution >= 4 is 27.8 Å². The molecule has 39 heavy (non-hydrogen) atoms. The van der Waals surface area contributed by atoms with Gasteiger partial charge in [0.15, 0.2) is 11.3 Å². The number of sulfonamides is 1. The molecule has 2 saturated heterocycles. The number of hydrogen-bond donors (Lipinski definition) is 3. The molecular formula is C24H37N7O7S. The van der Waals surface area contributed by atoms with Crippen molar-refractivity contribution in [1.29, 1.82) is 0 Å². The minimum Gasteiger partial charge on any atom is -0.364 e. The number of benzene rings is 1. The summed E-state index contributed by atoms with van der Waals surface area (Å²) >= 11 is 0. The van der Waals surface area contributed by atoms with E-state index in [1.807, 2.05) is 0 Å². The molecule has 3 rings (SSSR count). The molecule has 14 nitrogen and oxygen atoms in total. The SMILES string of the molecule is CCOC1[C@@H](NC(=O)CCN2CCCC[C@H](NS(=O)(=O)Cc3ccccc3)C2=O)CCCN1/C(N)=N/[N+](=O)[O-].